The van der Waals surface area contributed by atoms with Crippen LogP contribution in [0.5, 0.6) is 0 Å². The molecule has 0 heterocycles. The molecule has 0 bridgehead atoms. The Balaban J connectivity index is 1.97. The van der Waals surface area contributed by atoms with Gasteiger partial charge in [-0.15, -0.1) is 0 Å². The molecular weight excluding hydrogens is 1330 g/mol. The van der Waals surface area contributed by atoms with E-state index in [0.29, 0.717) is 5.75 Å². The van der Waals surface area contributed by atoms with Crippen LogP contribution in [0.2, 0.25) is 0 Å². The number of rotatable bonds is 51. The highest BCUT2D eigenvalue weighted by Gasteiger charge is 2.35. The van der Waals surface area contributed by atoms with Crippen molar-refractivity contribution < 1.29 is 119 Å². The zero-order valence-electron chi connectivity index (χ0n) is 54.1. The van der Waals surface area contributed by atoms with Crippen LogP contribution >= 0.6 is 24.4 Å². The third kappa shape index (κ3) is 32.4. The molecule has 1 aliphatic carbocycles. The Morgan fingerprint density at radius 1 is 0.388 bits per heavy atom. The van der Waals surface area contributed by atoms with Crippen molar-refractivity contribution in [1.82, 2.24) is 47.9 Å². The summed E-state index contributed by atoms with van der Waals surface area (Å²) < 4.78 is 0. The van der Waals surface area contributed by atoms with Gasteiger partial charge in [-0.05, 0) is 73.6 Å². The normalized spacial score (nSPS) is 15.4. The molecule has 0 radical (unpaired) electrons. The van der Waals surface area contributed by atoms with Gasteiger partial charge < -0.3 is 109 Å². The third-order valence-electron chi connectivity index (χ3n) is 15.6. The molecule has 548 valence electrons. The van der Waals surface area contributed by atoms with Crippen LogP contribution in [0.15, 0.2) is 48.5 Å². The summed E-state index contributed by atoms with van der Waals surface area (Å²) in [5, 5.41) is 138. The van der Waals surface area contributed by atoms with Crippen molar-refractivity contribution >= 4 is 95.5 Å². The molecule has 3 rings (SSSR count). The minimum absolute atomic E-state index is 0.00481. The van der Waals surface area contributed by atoms with Gasteiger partial charge in [0.05, 0.1) is 56.4 Å². The van der Waals surface area contributed by atoms with E-state index in [2.05, 4.69) is 60.5 Å². The molecule has 1 aliphatic rings. The van der Waals surface area contributed by atoms with E-state index in [0.717, 1.165) is 22.3 Å². The van der Waals surface area contributed by atoms with E-state index in [1.807, 2.05) is 48.5 Å². The van der Waals surface area contributed by atoms with Crippen molar-refractivity contribution in [2.75, 3.05) is 56.7 Å². The monoisotopic (exact) mass is 1430 g/mol. The summed E-state index contributed by atoms with van der Waals surface area (Å²) in [5.41, 5.74) is 4.40. The second-order valence-corrected chi connectivity index (χ2v) is 25.1. The van der Waals surface area contributed by atoms with Crippen molar-refractivity contribution in [3.05, 3.63) is 59.7 Å². The van der Waals surface area contributed by atoms with Gasteiger partial charge in [-0.2, -0.15) is 24.4 Å². The number of amides is 9. The number of aliphatic carboxylic acids is 3. The number of carbonyl (C=O) groups excluding carboxylic acids is 9. The first-order chi connectivity index (χ1) is 46.6. The lowest BCUT2D eigenvalue weighted by Crippen LogP contribution is -2.59. The highest BCUT2D eigenvalue weighted by molar-refractivity contribution is 7.99. The van der Waals surface area contributed by atoms with Gasteiger partial charge in [-0.3, -0.25) is 52.7 Å². The molecule has 9 amide bonds. The maximum atomic E-state index is 14.5. The number of benzene rings is 2. The molecule has 0 fully saturated rings. The summed E-state index contributed by atoms with van der Waals surface area (Å²) in [6, 6.07) is 5.02. The minimum atomic E-state index is -1.95. The molecule has 2 aromatic carbocycles. The maximum absolute atomic E-state index is 14.5. The second-order valence-electron chi connectivity index (χ2n) is 23.6. The summed E-state index contributed by atoms with van der Waals surface area (Å²) in [6.45, 7) is -2.42. The lowest BCUT2D eigenvalue weighted by molar-refractivity contribution is -0.142. The molecule has 0 aromatic heterocycles. The standard InChI is InChI=1S/C63H95N9O24S2/c73-30-38(79)27-35(76)19-23-64-52(82)14-9-46(67-55(85)22-26-98-34-45-43-7-3-1-5-41(43)42-6-2-4-8-44(42)45)58(90)70-49(12-17-56(86)87)60(92)68-47(10-15-53(83)65-24-20-36(77)28-39(80)31-74)59(91)71-50(13-18-57(88)89)61(93)69-48(62(94)72-51(33-97)63(95)96)11-16-54(84)66-25-21-37(78)29-40(81)32-75/h1-8,35-40,45-51,73-81,97H,9-34H2,(H,64,82)(H,65,83)(H,66,84)(H,67,85)(H,68,92)(H,69,93)(H,70,90)(H,71,91)(H,72,94)(H,86,87)(H,88,89)(H,95,96)/t35-,36-,37-,38+,39+,40+,46+,47+,48+,49+,50+,51+/m1/s1. The molecule has 35 heteroatoms. The molecule has 0 spiro atoms. The number of hydrogen-bond acceptors (Lipinski definition) is 23. The summed E-state index contributed by atoms with van der Waals surface area (Å²) in [4.78, 5) is 161. The van der Waals surface area contributed by atoms with Crippen molar-refractivity contribution in [3.8, 4) is 11.1 Å². The van der Waals surface area contributed by atoms with E-state index in [1.54, 1.807) is 0 Å². The third-order valence-corrected chi connectivity index (χ3v) is 17.1. The molecule has 0 aliphatic heterocycles. The number of carbonyl (C=O) groups is 12. The number of thiol groups is 1. The van der Waals surface area contributed by atoms with Crippen LogP contribution in [-0.4, -0.2) is 262 Å². The van der Waals surface area contributed by atoms with Crippen LogP contribution < -0.4 is 47.9 Å². The number of hydrogen-bond donors (Lipinski definition) is 22. The zero-order valence-corrected chi connectivity index (χ0v) is 55.8. The molecule has 33 nitrogen and oxygen atoms in total. The number of nitrogens with one attached hydrogen (secondary N) is 9. The van der Waals surface area contributed by atoms with E-state index < -0.39 is 234 Å². The SMILES string of the molecule is O=C(O)CC[C@H](NC(=O)[C@H](CCC(=O)NCC[C@@H](O)C[C@H](O)CO)NC(=O)CCSCC1c2ccccc2-c2ccccc21)C(=O)N[C@@H](CCC(=O)NCC[C@@H](O)C[C@H](O)CO)C(=O)N[C@@H](CCC(=O)O)C(=O)N[C@@H](CCC(=O)NCC[C@@H](O)C[C@H](O)CO)C(=O)N[C@@H](CS)C(=O)O. The van der Waals surface area contributed by atoms with Crippen LogP contribution in [0, 0.1) is 0 Å². The van der Waals surface area contributed by atoms with Gasteiger partial charge in [0, 0.05) is 101 Å². The average Bonchev–Trinajstić information content (AvgIpc) is 1.62. The fourth-order valence-corrected chi connectivity index (χ4v) is 11.6. The van der Waals surface area contributed by atoms with Crippen molar-refractivity contribution in [3.63, 3.8) is 0 Å². The second kappa shape index (κ2) is 45.9. The summed E-state index contributed by atoms with van der Waals surface area (Å²) in [5.74, 6) is -13.3. The van der Waals surface area contributed by atoms with Crippen molar-refractivity contribution in [1.29, 1.82) is 0 Å². The summed E-state index contributed by atoms with van der Waals surface area (Å²) in [6.07, 6.45) is -14.8. The quantitative estimate of drug-likeness (QED) is 0.0220. The molecule has 21 N–H and O–H groups in total. The number of carboxylic acids is 3. The Morgan fingerprint density at radius 3 is 1.00 bits per heavy atom. The zero-order chi connectivity index (χ0) is 72.9. The van der Waals surface area contributed by atoms with Gasteiger partial charge >= 0.3 is 17.9 Å². The minimum Gasteiger partial charge on any atom is -0.481 e. The predicted octanol–water partition coefficient (Wildman–Crippen LogP) is -4.25. The predicted molar refractivity (Wildman–Crippen MR) is 354 cm³/mol. The van der Waals surface area contributed by atoms with E-state index in [-0.39, 0.29) is 76.3 Å². The molecule has 12 atom stereocenters. The first kappa shape index (κ1) is 84.6. The Bertz CT molecular complexity index is 2890. The number of thioether (sulfide) groups is 1. The topological polar surface area (TPSA) is 556 Å². The van der Waals surface area contributed by atoms with Crippen LogP contribution in [0.25, 0.3) is 11.1 Å². The molecular formula is C63H95N9O24S2. The van der Waals surface area contributed by atoms with Crippen LogP contribution in [0.3, 0.4) is 0 Å². The first-order valence-corrected chi connectivity index (χ1v) is 33.9. The maximum Gasteiger partial charge on any atom is 0.327 e. The van der Waals surface area contributed by atoms with Crippen LogP contribution in [-0.2, 0) is 57.5 Å². The fourth-order valence-electron chi connectivity index (χ4n) is 10.2. The lowest BCUT2D eigenvalue weighted by atomic mass is 9.99. The van der Waals surface area contributed by atoms with Gasteiger partial charge in [0.25, 0.3) is 0 Å². The van der Waals surface area contributed by atoms with E-state index >= 15 is 0 Å². The van der Waals surface area contributed by atoms with Gasteiger partial charge in [0.1, 0.15) is 36.3 Å². The molecule has 0 unspecified atom stereocenters. The van der Waals surface area contributed by atoms with Crippen molar-refractivity contribution in [2.45, 2.75) is 188 Å². The van der Waals surface area contributed by atoms with E-state index in [4.69, 9.17) is 15.3 Å². The Labute approximate surface area is 575 Å². The van der Waals surface area contributed by atoms with Gasteiger partial charge in [-0.25, -0.2) is 4.79 Å². The largest absolute Gasteiger partial charge is 0.481 e. The van der Waals surface area contributed by atoms with E-state index in [9.17, 15) is 103 Å². The van der Waals surface area contributed by atoms with Gasteiger partial charge in [0.15, 0.2) is 0 Å². The van der Waals surface area contributed by atoms with Crippen LogP contribution in [0.1, 0.15) is 126 Å². The number of aliphatic hydroxyl groups excluding tert-OH is 9. The lowest BCUT2D eigenvalue weighted by Gasteiger charge is -2.27. The summed E-state index contributed by atoms with van der Waals surface area (Å²) >= 11 is 5.40. The Morgan fingerprint density at radius 2 is 0.694 bits per heavy atom. The Hall–Kier alpha value is -7.58. The highest BCUT2D eigenvalue weighted by Crippen LogP contribution is 2.45. The van der Waals surface area contributed by atoms with Gasteiger partial charge in [-0.1, -0.05) is 48.5 Å². The van der Waals surface area contributed by atoms with E-state index in [1.165, 1.54) is 11.8 Å². The smallest absolute Gasteiger partial charge is 0.327 e. The van der Waals surface area contributed by atoms with Gasteiger partial charge in [0.2, 0.25) is 53.2 Å². The molecule has 2 aromatic rings. The molecule has 0 saturated carbocycles. The van der Waals surface area contributed by atoms with Crippen LogP contribution in [0.4, 0.5) is 0 Å². The summed E-state index contributed by atoms with van der Waals surface area (Å²) in [7, 11) is 0. The first-order valence-electron chi connectivity index (χ1n) is 32.1. The molecule has 0 saturated heterocycles. The number of fused-ring (bicyclic) bond motifs is 3. The molecule has 98 heavy (non-hydrogen) atoms. The number of carboxylic acid groups (broad SMARTS) is 3. The van der Waals surface area contributed by atoms with Crippen molar-refractivity contribution in [2.24, 2.45) is 0 Å². The number of aliphatic hydroxyl groups is 9. The highest BCUT2D eigenvalue weighted by atomic mass is 32.2. The Kier molecular flexibility index (Phi) is 39.6. The average molecular weight is 1430 g/mol. The fraction of sp³-hybridized carbons (Fsp3) is 0.619.